The van der Waals surface area contributed by atoms with Crippen LogP contribution in [0, 0.1) is 0 Å². The monoisotopic (exact) mass is 392 g/mol. The summed E-state index contributed by atoms with van der Waals surface area (Å²) >= 11 is 5.23. The van der Waals surface area contributed by atoms with Crippen molar-refractivity contribution in [1.82, 2.24) is 4.90 Å². The largest absolute Gasteiger partial charge is 0.383 e. The molecule has 1 N–H and O–H groups in total. The second-order valence-corrected chi connectivity index (χ2v) is 9.38. The number of halogens is 1. The molecule has 1 unspecified atom stereocenters. The van der Waals surface area contributed by atoms with Gasteiger partial charge in [-0.2, -0.15) is 11.8 Å². The molecule has 0 spiro atoms. The quantitative estimate of drug-likeness (QED) is 0.806. The summed E-state index contributed by atoms with van der Waals surface area (Å²) in [4.78, 5) is 2.10. The molecule has 1 aromatic carbocycles. The van der Waals surface area contributed by atoms with Gasteiger partial charge in [0.15, 0.2) is 9.84 Å². The van der Waals surface area contributed by atoms with Crippen molar-refractivity contribution in [1.29, 1.82) is 0 Å². The van der Waals surface area contributed by atoms with E-state index in [1.807, 2.05) is 24.3 Å². The SMILES string of the molecule is CCS(=O)(=O)C1CSCCN1CCNc1ccccc1Br. The van der Waals surface area contributed by atoms with Crippen LogP contribution in [0.1, 0.15) is 6.92 Å². The Labute approximate surface area is 139 Å². The van der Waals surface area contributed by atoms with Gasteiger partial charge in [0.05, 0.1) is 0 Å². The third-order valence-electron chi connectivity index (χ3n) is 3.60. The summed E-state index contributed by atoms with van der Waals surface area (Å²) in [7, 11) is -3.01. The highest BCUT2D eigenvalue weighted by atomic mass is 79.9. The van der Waals surface area contributed by atoms with E-state index in [9.17, 15) is 8.42 Å². The molecule has 1 aliphatic rings. The molecule has 1 saturated heterocycles. The maximum absolute atomic E-state index is 12.2. The average molecular weight is 393 g/mol. The number of para-hydroxylation sites is 1. The normalized spacial score (nSPS) is 20.4. The molecule has 0 radical (unpaired) electrons. The molecule has 2 rings (SSSR count). The van der Waals surface area contributed by atoms with Gasteiger partial charge in [-0.25, -0.2) is 8.42 Å². The summed E-state index contributed by atoms with van der Waals surface area (Å²) in [5.41, 5.74) is 1.04. The number of benzene rings is 1. The fourth-order valence-corrected chi connectivity index (χ4v) is 5.87. The van der Waals surface area contributed by atoms with Crippen molar-refractivity contribution >= 4 is 43.2 Å². The molecule has 1 heterocycles. The summed E-state index contributed by atoms with van der Waals surface area (Å²) in [5.74, 6) is 1.91. The fourth-order valence-electron chi connectivity index (χ4n) is 2.33. The Balaban J connectivity index is 1.93. The fraction of sp³-hybridized carbons (Fsp3) is 0.571. The number of hydrogen-bond donors (Lipinski definition) is 1. The minimum atomic E-state index is -3.01. The topological polar surface area (TPSA) is 49.4 Å². The summed E-state index contributed by atoms with van der Waals surface area (Å²) in [6.07, 6.45) is 0. The van der Waals surface area contributed by atoms with Gasteiger partial charge in [0.1, 0.15) is 5.37 Å². The zero-order valence-corrected chi connectivity index (χ0v) is 15.3. The maximum Gasteiger partial charge on any atom is 0.166 e. The van der Waals surface area contributed by atoms with Crippen LogP contribution in [0.3, 0.4) is 0 Å². The summed E-state index contributed by atoms with van der Waals surface area (Å²) in [6.45, 7) is 4.05. The first-order valence-electron chi connectivity index (χ1n) is 7.06. The van der Waals surface area contributed by atoms with Crippen LogP contribution in [0.25, 0.3) is 0 Å². The molecule has 1 aliphatic heterocycles. The van der Waals surface area contributed by atoms with E-state index in [2.05, 4.69) is 26.1 Å². The van der Waals surface area contributed by atoms with Gasteiger partial charge in [-0.1, -0.05) is 19.1 Å². The predicted molar refractivity (Wildman–Crippen MR) is 94.8 cm³/mol. The van der Waals surface area contributed by atoms with E-state index in [4.69, 9.17) is 0 Å². The second-order valence-electron chi connectivity index (χ2n) is 4.92. The Bertz CT molecular complexity index is 566. The Morgan fingerprint density at radius 2 is 2.19 bits per heavy atom. The Morgan fingerprint density at radius 3 is 2.90 bits per heavy atom. The van der Waals surface area contributed by atoms with E-state index in [0.717, 1.165) is 35.5 Å². The molecule has 1 aromatic rings. The van der Waals surface area contributed by atoms with Crippen molar-refractivity contribution in [2.75, 3.05) is 42.2 Å². The van der Waals surface area contributed by atoms with Gasteiger partial charge in [0.25, 0.3) is 0 Å². The summed E-state index contributed by atoms with van der Waals surface area (Å²) in [5, 5.41) is 3.03. The van der Waals surface area contributed by atoms with Gasteiger partial charge in [-0.3, -0.25) is 4.90 Å². The second kappa shape index (κ2) is 7.85. The molecule has 0 amide bonds. The van der Waals surface area contributed by atoms with Crippen LogP contribution in [-0.4, -0.2) is 55.6 Å². The maximum atomic E-state index is 12.2. The molecule has 0 aromatic heterocycles. The Morgan fingerprint density at radius 1 is 1.43 bits per heavy atom. The van der Waals surface area contributed by atoms with Gasteiger partial charge in [-0.05, 0) is 28.1 Å². The minimum absolute atomic E-state index is 0.215. The van der Waals surface area contributed by atoms with E-state index >= 15 is 0 Å². The lowest BCUT2D eigenvalue weighted by Gasteiger charge is -2.34. The van der Waals surface area contributed by atoms with Gasteiger partial charge in [0.2, 0.25) is 0 Å². The molecule has 0 saturated carbocycles. The molecular weight excluding hydrogens is 372 g/mol. The van der Waals surface area contributed by atoms with Gasteiger partial charge in [0, 0.05) is 47.1 Å². The lowest BCUT2D eigenvalue weighted by atomic mass is 10.3. The first kappa shape index (κ1) is 17.1. The van der Waals surface area contributed by atoms with E-state index in [0.29, 0.717) is 5.75 Å². The summed E-state index contributed by atoms with van der Waals surface area (Å²) in [6, 6.07) is 7.95. The number of anilines is 1. The molecule has 1 fully saturated rings. The van der Waals surface area contributed by atoms with Crippen molar-refractivity contribution in [3.8, 4) is 0 Å². The van der Waals surface area contributed by atoms with Gasteiger partial charge in [-0.15, -0.1) is 0 Å². The van der Waals surface area contributed by atoms with Crippen molar-refractivity contribution in [3.63, 3.8) is 0 Å². The van der Waals surface area contributed by atoms with Crippen molar-refractivity contribution in [2.24, 2.45) is 0 Å². The first-order chi connectivity index (χ1) is 10.0. The van der Waals surface area contributed by atoms with Crippen LogP contribution < -0.4 is 5.32 Å². The zero-order valence-electron chi connectivity index (χ0n) is 12.1. The van der Waals surface area contributed by atoms with E-state index in [1.54, 1.807) is 18.7 Å². The predicted octanol–water partition coefficient (Wildman–Crippen LogP) is 2.67. The van der Waals surface area contributed by atoms with Crippen LogP contribution in [0.15, 0.2) is 28.7 Å². The van der Waals surface area contributed by atoms with Crippen LogP contribution in [0.4, 0.5) is 5.69 Å². The molecule has 118 valence electrons. The van der Waals surface area contributed by atoms with E-state index in [1.165, 1.54) is 0 Å². The van der Waals surface area contributed by atoms with Crippen molar-refractivity contribution < 1.29 is 8.42 Å². The highest BCUT2D eigenvalue weighted by molar-refractivity contribution is 9.10. The van der Waals surface area contributed by atoms with E-state index in [-0.39, 0.29) is 11.1 Å². The van der Waals surface area contributed by atoms with Crippen molar-refractivity contribution in [3.05, 3.63) is 28.7 Å². The first-order valence-corrected chi connectivity index (χ1v) is 10.7. The summed E-state index contributed by atoms with van der Waals surface area (Å²) < 4.78 is 25.4. The van der Waals surface area contributed by atoms with E-state index < -0.39 is 9.84 Å². The molecule has 21 heavy (non-hydrogen) atoms. The number of rotatable bonds is 6. The zero-order chi connectivity index (χ0) is 15.3. The number of sulfone groups is 1. The van der Waals surface area contributed by atoms with Crippen molar-refractivity contribution in [2.45, 2.75) is 12.3 Å². The smallest absolute Gasteiger partial charge is 0.166 e. The minimum Gasteiger partial charge on any atom is -0.383 e. The van der Waals surface area contributed by atoms with Crippen LogP contribution >= 0.6 is 27.7 Å². The van der Waals surface area contributed by atoms with Gasteiger partial charge < -0.3 is 5.32 Å². The highest BCUT2D eigenvalue weighted by Gasteiger charge is 2.32. The molecular formula is C14H21BrN2O2S2. The lowest BCUT2D eigenvalue weighted by Crippen LogP contribution is -2.49. The third kappa shape index (κ3) is 4.61. The Kier molecular flexibility index (Phi) is 6.40. The van der Waals surface area contributed by atoms with Crippen LogP contribution in [0.2, 0.25) is 0 Å². The number of nitrogens with zero attached hydrogens (tertiary/aromatic N) is 1. The van der Waals surface area contributed by atoms with Gasteiger partial charge >= 0.3 is 0 Å². The molecule has 7 heteroatoms. The standard InChI is InChI=1S/C14H21BrN2O2S2/c1-2-21(18,19)14-11-20-10-9-17(14)8-7-16-13-6-4-3-5-12(13)15/h3-6,14,16H,2,7-11H2,1H3. The number of thioether (sulfide) groups is 1. The lowest BCUT2D eigenvalue weighted by molar-refractivity contribution is 0.280. The van der Waals surface area contributed by atoms with Crippen LogP contribution in [-0.2, 0) is 9.84 Å². The molecule has 4 nitrogen and oxygen atoms in total. The molecule has 1 atom stereocenters. The highest BCUT2D eigenvalue weighted by Crippen LogP contribution is 2.23. The Hall–Kier alpha value is -0.240. The third-order valence-corrected chi connectivity index (χ3v) is 7.62. The number of hydrogen-bond acceptors (Lipinski definition) is 5. The average Bonchev–Trinajstić information content (AvgIpc) is 2.49. The van der Waals surface area contributed by atoms with Crippen LogP contribution in [0.5, 0.6) is 0 Å². The molecule has 0 aliphatic carbocycles. The number of nitrogens with one attached hydrogen (secondary N) is 1. The molecule has 0 bridgehead atoms.